The lowest BCUT2D eigenvalue weighted by molar-refractivity contribution is -0.200. The zero-order valence-electron chi connectivity index (χ0n) is 12.7. The molecule has 4 rings (SSSR count). The summed E-state index contributed by atoms with van der Waals surface area (Å²) >= 11 is 0. The molecule has 0 aromatic heterocycles. The fourth-order valence-electron chi connectivity index (χ4n) is 3.05. The number of rotatable bonds is 5. The Morgan fingerprint density at radius 3 is 2.04 bits per heavy atom. The van der Waals surface area contributed by atoms with E-state index in [1.54, 1.807) is 0 Å². The van der Waals surface area contributed by atoms with Gasteiger partial charge < -0.3 is 14.8 Å². The van der Waals surface area contributed by atoms with Crippen molar-refractivity contribution in [2.75, 3.05) is 13.2 Å². The minimum absolute atomic E-state index is 0.0658. The highest BCUT2D eigenvalue weighted by molar-refractivity contribution is 5.79. The third-order valence-corrected chi connectivity index (χ3v) is 4.43. The zero-order chi connectivity index (χ0) is 15.6. The molecular formula is C19H19NO3. The van der Waals surface area contributed by atoms with Crippen LogP contribution < -0.4 is 5.32 Å². The van der Waals surface area contributed by atoms with Crippen molar-refractivity contribution in [3.63, 3.8) is 0 Å². The topological polar surface area (TPSA) is 57.5 Å². The molecule has 0 saturated carbocycles. The highest BCUT2D eigenvalue weighted by atomic mass is 16.6. The Morgan fingerprint density at radius 1 is 1.04 bits per heavy atom. The maximum absolute atomic E-state index is 11.9. The molecule has 0 spiro atoms. The molecule has 4 nitrogen and oxygen atoms in total. The van der Waals surface area contributed by atoms with Gasteiger partial charge in [0.25, 0.3) is 0 Å². The van der Waals surface area contributed by atoms with E-state index in [0.29, 0.717) is 6.61 Å². The molecule has 0 aliphatic carbocycles. The van der Waals surface area contributed by atoms with Gasteiger partial charge in [0.15, 0.2) is 6.10 Å². The molecule has 2 aliphatic heterocycles. The molecule has 2 aromatic rings. The van der Waals surface area contributed by atoms with E-state index in [0.717, 1.165) is 6.54 Å². The largest absolute Gasteiger partial charge is 0.456 e. The third kappa shape index (κ3) is 3.00. The molecule has 0 bridgehead atoms. The normalized spacial score (nSPS) is 25.7. The molecule has 2 aromatic carbocycles. The summed E-state index contributed by atoms with van der Waals surface area (Å²) in [5.41, 5.74) is 2.35. The summed E-state index contributed by atoms with van der Waals surface area (Å²) in [6.07, 6.45) is -0.321. The van der Waals surface area contributed by atoms with Gasteiger partial charge >= 0.3 is 5.97 Å². The first-order valence-corrected chi connectivity index (χ1v) is 7.98. The molecule has 1 N–H and O–H groups in total. The van der Waals surface area contributed by atoms with E-state index in [1.165, 1.54) is 11.1 Å². The van der Waals surface area contributed by atoms with E-state index < -0.39 is 0 Å². The number of hydrogen-bond acceptors (Lipinski definition) is 4. The van der Waals surface area contributed by atoms with Crippen LogP contribution in [0.1, 0.15) is 17.0 Å². The molecule has 0 amide bonds. The Labute approximate surface area is 135 Å². The molecule has 2 fully saturated rings. The van der Waals surface area contributed by atoms with Crippen LogP contribution in [0.25, 0.3) is 0 Å². The van der Waals surface area contributed by atoms with Gasteiger partial charge in [-0.1, -0.05) is 60.7 Å². The average Bonchev–Trinajstić information content (AvgIpc) is 3.43. The Morgan fingerprint density at radius 2 is 1.61 bits per heavy atom. The molecule has 23 heavy (non-hydrogen) atoms. The van der Waals surface area contributed by atoms with Gasteiger partial charge in [-0.05, 0) is 11.1 Å². The number of ether oxygens (including phenoxy) is 2. The molecule has 2 saturated heterocycles. The third-order valence-electron chi connectivity index (χ3n) is 4.43. The Bertz CT molecular complexity index is 630. The van der Waals surface area contributed by atoms with E-state index >= 15 is 0 Å². The number of hydrogen-bond donors (Lipinski definition) is 1. The van der Waals surface area contributed by atoms with E-state index in [9.17, 15) is 4.79 Å². The summed E-state index contributed by atoms with van der Waals surface area (Å²) < 4.78 is 11.4. The van der Waals surface area contributed by atoms with Crippen LogP contribution in [0.5, 0.6) is 0 Å². The van der Waals surface area contributed by atoms with Gasteiger partial charge in [-0.25, -0.2) is 0 Å². The fraction of sp³-hybridized carbons (Fsp3) is 0.316. The summed E-state index contributed by atoms with van der Waals surface area (Å²) in [5, 5.41) is 2.98. The molecule has 3 atom stereocenters. The summed E-state index contributed by atoms with van der Waals surface area (Å²) in [4.78, 5) is 11.9. The first kappa shape index (κ1) is 14.4. The van der Waals surface area contributed by atoms with Crippen molar-refractivity contribution in [3.05, 3.63) is 71.8 Å². The lowest BCUT2D eigenvalue weighted by Crippen LogP contribution is -2.51. The van der Waals surface area contributed by atoms with Crippen LogP contribution in [-0.4, -0.2) is 37.4 Å². The van der Waals surface area contributed by atoms with Crippen molar-refractivity contribution in [3.8, 4) is 0 Å². The summed E-state index contributed by atoms with van der Waals surface area (Å²) in [6.45, 7) is 1.19. The van der Waals surface area contributed by atoms with Crippen molar-refractivity contribution in [2.45, 2.75) is 24.2 Å². The quantitative estimate of drug-likeness (QED) is 0.679. The molecule has 2 aliphatic rings. The van der Waals surface area contributed by atoms with Gasteiger partial charge in [0.1, 0.15) is 12.1 Å². The van der Waals surface area contributed by atoms with Crippen molar-refractivity contribution < 1.29 is 14.3 Å². The molecule has 118 valence electrons. The molecular weight excluding hydrogens is 290 g/mol. The molecule has 0 radical (unpaired) electrons. The highest BCUT2D eigenvalue weighted by Gasteiger charge is 2.44. The molecule has 3 unspecified atom stereocenters. The second kappa shape index (κ2) is 6.14. The number of esters is 1. The minimum atomic E-state index is -0.185. The number of carbonyl (C=O) groups excluding carboxylic acids is 1. The van der Waals surface area contributed by atoms with Gasteiger partial charge in [-0.2, -0.15) is 0 Å². The SMILES string of the molecule is O=C(OC1COC1C(c1ccccc1)c1ccccc1)C1CN1. The van der Waals surface area contributed by atoms with Crippen molar-refractivity contribution in [1.82, 2.24) is 5.32 Å². The second-order valence-corrected chi connectivity index (χ2v) is 6.03. The van der Waals surface area contributed by atoms with Crippen LogP contribution in [0.2, 0.25) is 0 Å². The minimum Gasteiger partial charge on any atom is -0.456 e. The smallest absolute Gasteiger partial charge is 0.324 e. The lowest BCUT2D eigenvalue weighted by atomic mass is 9.82. The van der Waals surface area contributed by atoms with Crippen LogP contribution in [0.3, 0.4) is 0 Å². The number of benzene rings is 2. The van der Waals surface area contributed by atoms with E-state index in [1.807, 2.05) is 36.4 Å². The Balaban J connectivity index is 1.59. The fourth-order valence-corrected chi connectivity index (χ4v) is 3.05. The summed E-state index contributed by atoms with van der Waals surface area (Å²) in [5.74, 6) is -0.0979. The Kier molecular flexibility index (Phi) is 3.85. The van der Waals surface area contributed by atoms with Crippen LogP contribution in [0.15, 0.2) is 60.7 Å². The highest BCUT2D eigenvalue weighted by Crippen LogP contribution is 2.36. The predicted octanol–water partition coefficient (Wildman–Crippen LogP) is 2.10. The maximum atomic E-state index is 11.9. The van der Waals surface area contributed by atoms with Gasteiger partial charge in [0.2, 0.25) is 0 Å². The van der Waals surface area contributed by atoms with Gasteiger partial charge in [0, 0.05) is 12.5 Å². The number of nitrogens with one attached hydrogen (secondary N) is 1. The Hall–Kier alpha value is -2.17. The van der Waals surface area contributed by atoms with Gasteiger partial charge in [-0.15, -0.1) is 0 Å². The average molecular weight is 309 g/mol. The summed E-state index contributed by atoms with van der Waals surface area (Å²) in [7, 11) is 0. The molecule has 2 heterocycles. The van der Waals surface area contributed by atoms with Crippen molar-refractivity contribution in [2.24, 2.45) is 0 Å². The summed E-state index contributed by atoms with van der Waals surface area (Å²) in [6, 6.07) is 20.4. The first-order valence-electron chi connectivity index (χ1n) is 7.98. The van der Waals surface area contributed by atoms with E-state index in [2.05, 4.69) is 29.6 Å². The number of carbonyl (C=O) groups is 1. The van der Waals surface area contributed by atoms with Crippen molar-refractivity contribution >= 4 is 5.97 Å². The van der Waals surface area contributed by atoms with E-state index in [4.69, 9.17) is 9.47 Å². The van der Waals surface area contributed by atoms with Crippen molar-refractivity contribution in [1.29, 1.82) is 0 Å². The second-order valence-electron chi connectivity index (χ2n) is 6.03. The lowest BCUT2D eigenvalue weighted by Gasteiger charge is -2.41. The standard InChI is InChI=1S/C19H19NO3/c21-19(15-11-20-15)23-16-12-22-18(16)17(13-7-3-1-4-8-13)14-9-5-2-6-10-14/h1-10,15-18,20H,11-12H2. The predicted molar refractivity (Wildman–Crippen MR) is 86.1 cm³/mol. The molecule has 4 heteroatoms. The van der Waals surface area contributed by atoms with Gasteiger partial charge in [0.05, 0.1) is 6.61 Å². The van der Waals surface area contributed by atoms with Crippen LogP contribution in [-0.2, 0) is 14.3 Å². The van der Waals surface area contributed by atoms with Crippen LogP contribution in [0.4, 0.5) is 0 Å². The maximum Gasteiger partial charge on any atom is 0.324 e. The van der Waals surface area contributed by atoms with Crippen LogP contribution in [0, 0.1) is 0 Å². The van der Waals surface area contributed by atoms with Gasteiger partial charge in [-0.3, -0.25) is 4.79 Å². The monoisotopic (exact) mass is 309 g/mol. The zero-order valence-corrected chi connectivity index (χ0v) is 12.7. The van der Waals surface area contributed by atoms with Crippen LogP contribution >= 0.6 is 0 Å². The van der Waals surface area contributed by atoms with E-state index in [-0.39, 0.29) is 30.1 Å². The first-order chi connectivity index (χ1) is 11.3.